The summed E-state index contributed by atoms with van der Waals surface area (Å²) in [6.45, 7) is 3.91. The first kappa shape index (κ1) is 55.0. The van der Waals surface area contributed by atoms with Gasteiger partial charge in [-0.2, -0.15) is 18.3 Å². The van der Waals surface area contributed by atoms with Crippen LogP contribution in [-0.2, 0) is 54.8 Å². The van der Waals surface area contributed by atoms with Gasteiger partial charge >= 0.3 is 12.1 Å². The zero-order chi connectivity index (χ0) is 50.2. The van der Waals surface area contributed by atoms with Gasteiger partial charge in [-0.25, -0.2) is 27.5 Å². The standard InChI is InChI=1S/C50H69F3N10O6S/c1-3-4-5-6-7-8-9-10-11-12-13-14-15-16-17-18-19-47(64)58-44(32-40-34-54-37-56-40)49(66)55-35-41-36-62(61-59-41)30-31-69-48(65)28-29-57-70(67,68)43-26-24-42(25-27-43)63-45(33-46(60-63)50(51,52)53)39-22-20-38(2)21-23-39/h20-27,33-34,36-37,44,57H,3-19,28-32,35H2,1-2H3,(H,54,56)(H,55,66)(H,58,64). The topological polar surface area (TPSA) is 208 Å². The predicted molar refractivity (Wildman–Crippen MR) is 260 cm³/mol. The number of aromatic nitrogens is 7. The third-order valence-corrected chi connectivity index (χ3v) is 13.3. The third-order valence-electron chi connectivity index (χ3n) is 11.9. The minimum atomic E-state index is -4.69. The van der Waals surface area contributed by atoms with Gasteiger partial charge in [0.1, 0.15) is 18.3 Å². The lowest BCUT2D eigenvalue weighted by Crippen LogP contribution is -2.47. The molecule has 3 heterocycles. The minimum Gasteiger partial charge on any atom is -0.464 e. The average molecular weight is 995 g/mol. The summed E-state index contributed by atoms with van der Waals surface area (Å²) < 4.78 is 77.0. The van der Waals surface area contributed by atoms with Crippen LogP contribution in [0.2, 0.25) is 0 Å². The summed E-state index contributed by atoms with van der Waals surface area (Å²) in [6, 6.07) is 12.2. The summed E-state index contributed by atoms with van der Waals surface area (Å²) in [5.41, 5.74) is 1.85. The molecule has 0 spiro atoms. The number of rotatable bonds is 33. The molecule has 0 aliphatic carbocycles. The lowest BCUT2D eigenvalue weighted by Gasteiger charge is -2.17. The molecule has 0 fully saturated rings. The first-order valence-corrected chi connectivity index (χ1v) is 26.1. The quantitative estimate of drug-likeness (QED) is 0.0232. The fourth-order valence-electron chi connectivity index (χ4n) is 7.86. The Kier molecular flexibility index (Phi) is 22.6. The third kappa shape index (κ3) is 19.1. The molecule has 0 saturated carbocycles. The van der Waals surface area contributed by atoms with E-state index in [1.54, 1.807) is 36.7 Å². The number of carbonyl (C=O) groups excluding carboxylic acids is 3. The van der Waals surface area contributed by atoms with Gasteiger partial charge in [0, 0.05) is 36.8 Å². The molecule has 0 aliphatic heterocycles. The Bertz CT molecular complexity index is 2440. The van der Waals surface area contributed by atoms with Gasteiger partial charge in [-0.3, -0.25) is 14.4 Å². The second kappa shape index (κ2) is 28.7. The highest BCUT2D eigenvalue weighted by Gasteiger charge is 2.35. The maximum Gasteiger partial charge on any atom is 0.435 e. The number of carbonyl (C=O) groups is 3. The Morgan fingerprint density at radius 1 is 0.829 bits per heavy atom. The summed E-state index contributed by atoms with van der Waals surface area (Å²) >= 11 is 0. The molecule has 1 unspecified atom stereocenters. The van der Waals surface area contributed by atoms with Crippen molar-refractivity contribution in [1.29, 1.82) is 0 Å². The highest BCUT2D eigenvalue weighted by Crippen LogP contribution is 2.33. The number of ether oxygens (including phenoxy) is 1. The number of amides is 2. The predicted octanol–water partition coefficient (Wildman–Crippen LogP) is 9.09. The first-order chi connectivity index (χ1) is 33.7. The fraction of sp³-hybridized carbons (Fsp3) is 0.540. The number of hydrogen-bond donors (Lipinski definition) is 4. The molecule has 3 aromatic heterocycles. The van der Waals surface area contributed by atoms with Gasteiger partial charge in [0.2, 0.25) is 21.8 Å². The van der Waals surface area contributed by atoms with Crippen molar-refractivity contribution in [3.05, 3.63) is 96.0 Å². The van der Waals surface area contributed by atoms with E-state index in [-0.39, 0.29) is 61.3 Å². The second-order valence-corrected chi connectivity index (χ2v) is 19.5. The normalized spacial score (nSPS) is 12.2. The molecule has 0 saturated heterocycles. The van der Waals surface area contributed by atoms with Crippen LogP contribution in [0.3, 0.4) is 0 Å². The number of hydrogen-bond acceptors (Lipinski definition) is 10. The molecule has 16 nitrogen and oxygen atoms in total. The maximum absolute atomic E-state index is 13.6. The van der Waals surface area contributed by atoms with Crippen LogP contribution in [-0.4, -0.2) is 80.1 Å². The van der Waals surface area contributed by atoms with Gasteiger partial charge in [-0.15, -0.1) is 5.10 Å². The number of alkyl halides is 3. The number of nitrogens with zero attached hydrogens (tertiary/aromatic N) is 6. The van der Waals surface area contributed by atoms with E-state index in [0.29, 0.717) is 23.4 Å². The number of benzene rings is 2. The van der Waals surface area contributed by atoms with Crippen molar-refractivity contribution in [1.82, 2.24) is 50.1 Å². The molecule has 2 aromatic carbocycles. The molecule has 20 heteroatoms. The molecule has 5 aromatic rings. The molecule has 0 bridgehead atoms. The number of sulfonamides is 1. The number of unbranched alkanes of at least 4 members (excludes halogenated alkanes) is 15. The van der Waals surface area contributed by atoms with Crippen LogP contribution in [0.4, 0.5) is 13.2 Å². The second-order valence-electron chi connectivity index (χ2n) is 17.7. The molecule has 5 rings (SSSR count). The Morgan fingerprint density at radius 3 is 2.06 bits per heavy atom. The number of imidazole rings is 1. The van der Waals surface area contributed by atoms with E-state index >= 15 is 0 Å². The number of nitrogens with one attached hydrogen (secondary N) is 4. The highest BCUT2D eigenvalue weighted by molar-refractivity contribution is 7.89. The number of esters is 1. The van der Waals surface area contributed by atoms with Gasteiger partial charge in [0.25, 0.3) is 0 Å². The van der Waals surface area contributed by atoms with E-state index in [4.69, 9.17) is 4.74 Å². The molecule has 70 heavy (non-hydrogen) atoms. The number of H-pyrrole nitrogens is 1. The van der Waals surface area contributed by atoms with Crippen molar-refractivity contribution in [3.63, 3.8) is 0 Å². The monoisotopic (exact) mass is 995 g/mol. The van der Waals surface area contributed by atoms with E-state index in [2.05, 4.69) is 47.7 Å². The molecule has 1 atom stereocenters. The van der Waals surface area contributed by atoms with Crippen molar-refractivity contribution in [2.45, 2.75) is 166 Å². The van der Waals surface area contributed by atoms with E-state index in [9.17, 15) is 36.0 Å². The molecule has 4 N–H and O–H groups in total. The van der Waals surface area contributed by atoms with E-state index < -0.39 is 39.8 Å². The van der Waals surface area contributed by atoms with Crippen molar-refractivity contribution in [3.8, 4) is 16.9 Å². The van der Waals surface area contributed by atoms with Crippen LogP contribution in [0.1, 0.15) is 145 Å². The molecule has 382 valence electrons. The molecule has 0 radical (unpaired) electrons. The van der Waals surface area contributed by atoms with Gasteiger partial charge in [0.15, 0.2) is 5.69 Å². The van der Waals surface area contributed by atoms with Gasteiger partial charge < -0.3 is 20.4 Å². The van der Waals surface area contributed by atoms with Crippen molar-refractivity contribution >= 4 is 27.8 Å². The first-order valence-electron chi connectivity index (χ1n) is 24.6. The fourth-order valence-corrected chi connectivity index (χ4v) is 8.90. The van der Waals surface area contributed by atoms with E-state index in [1.165, 1.54) is 119 Å². The average Bonchev–Trinajstić information content (AvgIpc) is 4.13. The summed E-state index contributed by atoms with van der Waals surface area (Å²) in [6.07, 6.45) is 20.2. The van der Waals surface area contributed by atoms with Crippen LogP contribution in [0.5, 0.6) is 0 Å². The molecular weight excluding hydrogens is 926 g/mol. The number of halogens is 3. The summed E-state index contributed by atoms with van der Waals surface area (Å²) in [7, 11) is -4.10. The Labute approximate surface area is 409 Å². The zero-order valence-corrected chi connectivity index (χ0v) is 41.3. The van der Waals surface area contributed by atoms with Crippen LogP contribution >= 0.6 is 0 Å². The zero-order valence-electron chi connectivity index (χ0n) is 40.4. The van der Waals surface area contributed by atoms with Gasteiger partial charge in [0.05, 0.1) is 48.3 Å². The van der Waals surface area contributed by atoms with E-state index in [1.807, 2.05) is 6.92 Å². The van der Waals surface area contributed by atoms with Crippen molar-refractivity contribution in [2.24, 2.45) is 0 Å². The molecule has 2 amide bonds. The lowest BCUT2D eigenvalue weighted by atomic mass is 10.0. The van der Waals surface area contributed by atoms with Crippen molar-refractivity contribution in [2.75, 3.05) is 13.2 Å². The van der Waals surface area contributed by atoms with Crippen LogP contribution in [0.25, 0.3) is 16.9 Å². The largest absolute Gasteiger partial charge is 0.464 e. The number of aromatic amines is 1. The number of aryl methyl sites for hydroxylation is 1. The Hall–Kier alpha value is -5.89. The molecular formula is C50H69F3N10O6S. The summed E-state index contributed by atoms with van der Waals surface area (Å²) in [5, 5.41) is 17.5. The lowest BCUT2D eigenvalue weighted by molar-refractivity contribution is -0.144. The van der Waals surface area contributed by atoms with Crippen LogP contribution in [0.15, 0.2) is 78.2 Å². The Balaban J connectivity index is 0.964. The maximum atomic E-state index is 13.6. The van der Waals surface area contributed by atoms with Gasteiger partial charge in [-0.05, 0) is 43.7 Å². The highest BCUT2D eigenvalue weighted by atomic mass is 32.2. The van der Waals surface area contributed by atoms with Gasteiger partial charge in [-0.1, -0.05) is 138 Å². The van der Waals surface area contributed by atoms with E-state index in [0.717, 1.165) is 35.6 Å². The minimum absolute atomic E-state index is 0.0344. The van der Waals surface area contributed by atoms with Crippen LogP contribution < -0.4 is 15.4 Å². The van der Waals surface area contributed by atoms with Crippen LogP contribution in [0, 0.1) is 6.92 Å². The summed E-state index contributed by atoms with van der Waals surface area (Å²) in [4.78, 5) is 45.5. The Morgan fingerprint density at radius 2 is 1.46 bits per heavy atom. The summed E-state index contributed by atoms with van der Waals surface area (Å²) in [5.74, 6) is -1.26. The molecule has 0 aliphatic rings. The smallest absolute Gasteiger partial charge is 0.435 e. The SMILES string of the molecule is CCCCCCCCCCCCCCCCCCC(=O)NC(Cc1cnc[nH]1)C(=O)NCc1cn(CCOC(=O)CCNS(=O)(=O)c2ccc(-n3nc(C(F)(F)F)cc3-c3ccc(C)cc3)cc2)nn1. The van der Waals surface area contributed by atoms with Crippen molar-refractivity contribution < 1.29 is 40.7 Å².